The fraction of sp³-hybridized carbons (Fsp3) is 0.250. The minimum Gasteiger partial charge on any atom is -0.368 e. The molecule has 10 heteroatoms. The van der Waals surface area contributed by atoms with Gasteiger partial charge in [-0.15, -0.1) is 0 Å². The number of halogens is 3. The van der Waals surface area contributed by atoms with Crippen molar-refractivity contribution < 1.29 is 18.0 Å². The Balaban J connectivity index is 1.36. The average Bonchev–Trinajstić information content (AvgIpc) is 3.34. The van der Waals surface area contributed by atoms with Gasteiger partial charge in [0.2, 0.25) is 0 Å². The predicted molar refractivity (Wildman–Crippen MR) is 140 cm³/mol. The number of aromatic nitrogens is 2. The molecule has 4 heterocycles. The predicted octanol–water partition coefficient (Wildman–Crippen LogP) is 5.00. The fourth-order valence-electron chi connectivity index (χ4n) is 5.16. The molecular formula is C28H25F3N6O. The summed E-state index contributed by atoms with van der Waals surface area (Å²) in [6.07, 6.45) is -1.14. The van der Waals surface area contributed by atoms with Gasteiger partial charge in [-0.05, 0) is 48.0 Å². The second kappa shape index (κ2) is 9.60. The number of para-hydroxylation sites is 1. The van der Waals surface area contributed by atoms with E-state index in [0.29, 0.717) is 31.9 Å². The maximum absolute atomic E-state index is 14.2. The summed E-state index contributed by atoms with van der Waals surface area (Å²) in [6.45, 7) is 2.42. The van der Waals surface area contributed by atoms with Gasteiger partial charge >= 0.3 is 12.2 Å². The number of nitrogens with zero attached hydrogens (tertiary/aromatic N) is 4. The van der Waals surface area contributed by atoms with Crippen LogP contribution < -0.4 is 20.4 Å². The third-order valence-corrected chi connectivity index (χ3v) is 7.04. The monoisotopic (exact) mass is 518 g/mol. The van der Waals surface area contributed by atoms with E-state index < -0.39 is 23.8 Å². The van der Waals surface area contributed by atoms with E-state index in [2.05, 4.69) is 20.6 Å². The number of urea groups is 1. The summed E-state index contributed by atoms with van der Waals surface area (Å²) in [7, 11) is 0. The summed E-state index contributed by atoms with van der Waals surface area (Å²) in [4.78, 5) is 25.0. The zero-order valence-corrected chi connectivity index (χ0v) is 20.4. The van der Waals surface area contributed by atoms with Crippen molar-refractivity contribution in [1.82, 2.24) is 20.6 Å². The first kappa shape index (κ1) is 24.2. The van der Waals surface area contributed by atoms with Crippen molar-refractivity contribution in [2.45, 2.75) is 12.2 Å². The van der Waals surface area contributed by atoms with E-state index in [0.717, 1.165) is 28.1 Å². The molecule has 4 aromatic rings. The number of pyridine rings is 2. The summed E-state index contributed by atoms with van der Waals surface area (Å²) in [5.41, 5.74) is 2.76. The molecule has 6 rings (SSSR count). The fourth-order valence-corrected chi connectivity index (χ4v) is 5.16. The van der Waals surface area contributed by atoms with Crippen LogP contribution in [0, 0.1) is 0 Å². The third-order valence-electron chi connectivity index (χ3n) is 7.04. The highest BCUT2D eigenvalue weighted by Gasteiger charge is 2.39. The highest BCUT2D eigenvalue weighted by molar-refractivity contribution is 5.95. The van der Waals surface area contributed by atoms with Crippen LogP contribution in [0.3, 0.4) is 0 Å². The Hall–Kier alpha value is -4.18. The Morgan fingerprint density at radius 1 is 0.921 bits per heavy atom. The van der Waals surface area contributed by atoms with Gasteiger partial charge in [-0.25, -0.2) is 4.79 Å². The minimum absolute atomic E-state index is 0.128. The molecule has 7 nitrogen and oxygen atoms in total. The molecule has 2 aliphatic rings. The largest absolute Gasteiger partial charge is 0.418 e. The molecule has 2 aromatic heterocycles. The number of alkyl halides is 3. The first-order valence-corrected chi connectivity index (χ1v) is 12.4. The van der Waals surface area contributed by atoms with Crippen molar-refractivity contribution in [1.29, 1.82) is 0 Å². The lowest BCUT2D eigenvalue weighted by molar-refractivity contribution is -0.137. The van der Waals surface area contributed by atoms with Crippen molar-refractivity contribution >= 4 is 28.3 Å². The normalized spacial score (nSPS) is 18.2. The molecule has 0 saturated carbocycles. The van der Waals surface area contributed by atoms with Crippen molar-refractivity contribution in [3.05, 3.63) is 84.3 Å². The smallest absolute Gasteiger partial charge is 0.368 e. The number of amides is 2. The lowest BCUT2D eigenvalue weighted by Gasteiger charge is -2.32. The highest BCUT2D eigenvalue weighted by atomic mass is 19.4. The molecule has 2 N–H and O–H groups in total. The van der Waals surface area contributed by atoms with E-state index in [-0.39, 0.29) is 17.9 Å². The molecular weight excluding hydrogens is 493 g/mol. The summed E-state index contributed by atoms with van der Waals surface area (Å²) < 4.78 is 42.5. The topological polar surface area (TPSA) is 73.4 Å². The van der Waals surface area contributed by atoms with E-state index in [9.17, 15) is 18.0 Å². The van der Waals surface area contributed by atoms with Crippen LogP contribution in [0.5, 0.6) is 0 Å². The zero-order chi connectivity index (χ0) is 26.3. The summed E-state index contributed by atoms with van der Waals surface area (Å²) in [5.74, 6) is 0. The van der Waals surface area contributed by atoms with E-state index in [1.807, 2.05) is 42.5 Å². The second-order valence-electron chi connectivity index (χ2n) is 9.39. The van der Waals surface area contributed by atoms with Gasteiger partial charge in [0, 0.05) is 67.4 Å². The molecule has 1 atom stereocenters. The van der Waals surface area contributed by atoms with E-state index >= 15 is 0 Å². The molecule has 1 unspecified atom stereocenters. The van der Waals surface area contributed by atoms with Crippen LogP contribution in [0.2, 0.25) is 0 Å². The molecule has 2 amide bonds. The number of piperazine rings is 1. The molecule has 0 bridgehead atoms. The number of benzene rings is 2. The Labute approximate surface area is 217 Å². The number of fused-ring (bicyclic) bond motifs is 1. The molecule has 2 aliphatic heterocycles. The van der Waals surface area contributed by atoms with Crippen LogP contribution >= 0.6 is 0 Å². The SMILES string of the molecule is O=C1NCC(c2cc(-c3cnc4ccccc4c3)ccn2)N1c1ccc(N2CCNCC2)c(C(F)(F)F)c1. The van der Waals surface area contributed by atoms with Gasteiger partial charge in [-0.2, -0.15) is 13.2 Å². The minimum atomic E-state index is -4.57. The van der Waals surface area contributed by atoms with Gasteiger partial charge in [0.1, 0.15) is 0 Å². The first-order valence-electron chi connectivity index (χ1n) is 12.4. The summed E-state index contributed by atoms with van der Waals surface area (Å²) >= 11 is 0. The molecule has 2 fully saturated rings. The standard InChI is InChI=1S/C28H25F3N6O/c29-28(30,31)22-15-21(5-6-25(22)36-11-9-32-10-12-36)37-26(17-35-27(37)38)24-14-18(7-8-33-24)20-13-19-3-1-2-4-23(19)34-16-20/h1-8,13-16,26,32H,9-12,17H2,(H,35,38). The second-order valence-corrected chi connectivity index (χ2v) is 9.39. The van der Waals surface area contributed by atoms with Crippen LogP contribution in [0.4, 0.5) is 29.3 Å². The number of hydrogen-bond acceptors (Lipinski definition) is 5. The number of rotatable bonds is 4. The summed E-state index contributed by atoms with van der Waals surface area (Å²) in [5, 5.41) is 6.92. The Morgan fingerprint density at radius 3 is 2.55 bits per heavy atom. The molecule has 0 radical (unpaired) electrons. The quantitative estimate of drug-likeness (QED) is 0.398. The molecule has 2 saturated heterocycles. The van der Waals surface area contributed by atoms with E-state index in [1.54, 1.807) is 23.4 Å². The molecule has 2 aromatic carbocycles. The average molecular weight is 519 g/mol. The summed E-state index contributed by atoms with van der Waals surface area (Å²) in [6, 6.07) is 16.6. The van der Waals surface area contributed by atoms with Gasteiger partial charge in [-0.3, -0.25) is 14.9 Å². The van der Waals surface area contributed by atoms with Crippen molar-refractivity contribution in [3.8, 4) is 11.1 Å². The number of carbonyl (C=O) groups excluding carboxylic acids is 1. The maximum atomic E-state index is 14.2. The number of nitrogens with one attached hydrogen (secondary N) is 2. The third kappa shape index (κ3) is 4.51. The Morgan fingerprint density at radius 2 is 1.74 bits per heavy atom. The number of anilines is 2. The van der Waals surface area contributed by atoms with Crippen molar-refractivity contribution in [2.24, 2.45) is 0 Å². The highest BCUT2D eigenvalue weighted by Crippen LogP contribution is 2.41. The van der Waals surface area contributed by atoms with Gasteiger partial charge in [-0.1, -0.05) is 18.2 Å². The van der Waals surface area contributed by atoms with Crippen LogP contribution in [-0.2, 0) is 6.18 Å². The molecule has 0 spiro atoms. The lowest BCUT2D eigenvalue weighted by Crippen LogP contribution is -2.44. The van der Waals surface area contributed by atoms with Crippen molar-refractivity contribution in [3.63, 3.8) is 0 Å². The lowest BCUT2D eigenvalue weighted by atomic mass is 10.0. The van der Waals surface area contributed by atoms with Gasteiger partial charge < -0.3 is 15.5 Å². The van der Waals surface area contributed by atoms with Crippen LogP contribution in [0.25, 0.3) is 22.0 Å². The van der Waals surface area contributed by atoms with Gasteiger partial charge in [0.05, 0.1) is 22.8 Å². The Bertz CT molecular complexity index is 1500. The van der Waals surface area contributed by atoms with Gasteiger partial charge in [0.25, 0.3) is 0 Å². The number of carbonyl (C=O) groups is 1. The van der Waals surface area contributed by atoms with Crippen molar-refractivity contribution in [2.75, 3.05) is 42.5 Å². The zero-order valence-electron chi connectivity index (χ0n) is 20.4. The van der Waals surface area contributed by atoms with E-state index in [1.165, 1.54) is 11.0 Å². The number of hydrogen-bond donors (Lipinski definition) is 2. The molecule has 194 valence electrons. The van der Waals surface area contributed by atoms with E-state index in [4.69, 9.17) is 0 Å². The van der Waals surface area contributed by atoms with Gasteiger partial charge in [0.15, 0.2) is 0 Å². The van der Waals surface area contributed by atoms with Crippen LogP contribution in [-0.4, -0.2) is 48.7 Å². The van der Waals surface area contributed by atoms with Crippen LogP contribution in [0.1, 0.15) is 17.3 Å². The molecule has 38 heavy (non-hydrogen) atoms. The maximum Gasteiger partial charge on any atom is 0.418 e. The molecule has 0 aliphatic carbocycles. The van der Waals surface area contributed by atoms with Crippen LogP contribution in [0.15, 0.2) is 73.1 Å². The Kier molecular flexibility index (Phi) is 6.11. The first-order chi connectivity index (χ1) is 18.4.